The third-order valence-corrected chi connectivity index (χ3v) is 2.30. The normalized spacial score (nSPS) is 16.6. The predicted octanol–water partition coefficient (Wildman–Crippen LogP) is 0.709. The second-order valence-corrected chi connectivity index (χ2v) is 4.15. The van der Waals surface area contributed by atoms with Gasteiger partial charge in [-0.25, -0.2) is 0 Å². The van der Waals surface area contributed by atoms with Gasteiger partial charge in [-0.15, -0.1) is 0 Å². The smallest absolute Gasteiger partial charge is 0.325 e. The summed E-state index contributed by atoms with van der Waals surface area (Å²) in [4.78, 5) is 11.3. The van der Waals surface area contributed by atoms with Gasteiger partial charge in [0, 0.05) is 13.7 Å². The van der Waals surface area contributed by atoms with Crippen LogP contribution in [0.1, 0.15) is 26.7 Å². The van der Waals surface area contributed by atoms with Crippen molar-refractivity contribution in [3.05, 3.63) is 0 Å². The molecular weight excluding hydrogens is 210 g/mol. The lowest BCUT2D eigenvalue weighted by molar-refractivity contribution is -0.146. The Morgan fingerprint density at radius 1 is 1.44 bits per heavy atom. The molecule has 0 rings (SSSR count). The molecule has 0 saturated heterocycles. The molecule has 0 aromatic rings. The van der Waals surface area contributed by atoms with E-state index in [0.717, 1.165) is 6.42 Å². The minimum absolute atomic E-state index is 0.0622. The number of rotatable bonds is 8. The zero-order valence-electron chi connectivity index (χ0n) is 10.6. The van der Waals surface area contributed by atoms with Crippen LogP contribution in [0, 0.1) is 0 Å². The Labute approximate surface area is 97.2 Å². The molecule has 2 unspecified atom stereocenters. The Balaban J connectivity index is 3.69. The first-order chi connectivity index (χ1) is 7.44. The van der Waals surface area contributed by atoms with Crippen LogP contribution in [0.5, 0.6) is 0 Å². The molecular formula is C11H23NO4. The Kier molecular flexibility index (Phi) is 7.29. The topological polar surface area (TPSA) is 70.8 Å². The number of hydrogen-bond acceptors (Lipinski definition) is 5. The molecule has 16 heavy (non-hydrogen) atoms. The molecule has 2 atom stereocenters. The van der Waals surface area contributed by atoms with Crippen LogP contribution in [0.3, 0.4) is 0 Å². The quantitative estimate of drug-likeness (QED) is 0.494. The van der Waals surface area contributed by atoms with Crippen LogP contribution in [-0.4, -0.2) is 45.0 Å². The monoisotopic (exact) mass is 233 g/mol. The molecule has 0 radical (unpaired) electrons. The van der Waals surface area contributed by atoms with Gasteiger partial charge < -0.3 is 19.9 Å². The molecule has 0 bridgehead atoms. The van der Waals surface area contributed by atoms with E-state index in [1.165, 1.54) is 7.11 Å². The van der Waals surface area contributed by atoms with Crippen molar-refractivity contribution in [2.75, 3.05) is 27.4 Å². The minimum Gasteiger partial charge on any atom is -0.468 e. The number of carbonyl (C=O) groups excluding carboxylic acids is 1. The van der Waals surface area contributed by atoms with Crippen LogP contribution < -0.4 is 5.73 Å². The molecule has 0 aromatic carbocycles. The first kappa shape index (κ1) is 15.3. The van der Waals surface area contributed by atoms with Crippen molar-refractivity contribution in [3.8, 4) is 0 Å². The highest BCUT2D eigenvalue weighted by Gasteiger charge is 2.28. The Bertz CT molecular complexity index is 206. The standard InChI is InChI=1S/C11H23NO4/c1-9(8-14-3)16-7-5-6-11(2,12)10(13)15-4/h9H,5-8,12H2,1-4H3. The van der Waals surface area contributed by atoms with Crippen LogP contribution >= 0.6 is 0 Å². The zero-order valence-corrected chi connectivity index (χ0v) is 10.6. The molecule has 0 aromatic heterocycles. The van der Waals surface area contributed by atoms with Crippen molar-refractivity contribution >= 4 is 5.97 Å². The molecule has 0 heterocycles. The van der Waals surface area contributed by atoms with Gasteiger partial charge in [0.1, 0.15) is 5.54 Å². The molecule has 5 nitrogen and oxygen atoms in total. The molecule has 0 aliphatic carbocycles. The molecule has 0 aliphatic heterocycles. The van der Waals surface area contributed by atoms with Gasteiger partial charge in [-0.2, -0.15) is 0 Å². The highest BCUT2D eigenvalue weighted by molar-refractivity contribution is 5.79. The van der Waals surface area contributed by atoms with E-state index in [0.29, 0.717) is 19.6 Å². The number of hydrogen-bond donors (Lipinski definition) is 1. The van der Waals surface area contributed by atoms with Gasteiger partial charge in [-0.1, -0.05) is 0 Å². The summed E-state index contributed by atoms with van der Waals surface area (Å²) in [6.45, 7) is 4.73. The number of esters is 1. The first-order valence-electron chi connectivity index (χ1n) is 5.42. The molecule has 0 spiro atoms. The summed E-state index contributed by atoms with van der Waals surface area (Å²) in [6.07, 6.45) is 1.32. The molecule has 0 saturated carbocycles. The summed E-state index contributed by atoms with van der Waals surface area (Å²) in [5.74, 6) is -0.391. The van der Waals surface area contributed by atoms with Crippen LogP contribution in [0.2, 0.25) is 0 Å². The maximum absolute atomic E-state index is 11.3. The molecule has 5 heteroatoms. The molecule has 96 valence electrons. The van der Waals surface area contributed by atoms with E-state index < -0.39 is 11.5 Å². The Morgan fingerprint density at radius 3 is 2.56 bits per heavy atom. The average molecular weight is 233 g/mol. The van der Waals surface area contributed by atoms with E-state index in [2.05, 4.69) is 4.74 Å². The summed E-state index contributed by atoms with van der Waals surface area (Å²) in [7, 11) is 2.97. The summed E-state index contributed by atoms with van der Waals surface area (Å²) >= 11 is 0. The SMILES string of the molecule is COCC(C)OCCCC(C)(N)C(=O)OC. The second kappa shape index (κ2) is 7.60. The number of ether oxygens (including phenoxy) is 3. The van der Waals surface area contributed by atoms with Gasteiger partial charge in [-0.3, -0.25) is 4.79 Å². The fourth-order valence-corrected chi connectivity index (χ4v) is 1.34. The number of methoxy groups -OCH3 is 2. The lowest BCUT2D eigenvalue weighted by Crippen LogP contribution is -2.45. The molecule has 0 aliphatic rings. The molecule has 0 fully saturated rings. The van der Waals surface area contributed by atoms with Crippen LogP contribution in [-0.2, 0) is 19.0 Å². The summed E-state index contributed by atoms with van der Waals surface area (Å²) in [5, 5.41) is 0. The minimum atomic E-state index is -0.928. The third-order valence-electron chi connectivity index (χ3n) is 2.30. The summed E-state index contributed by atoms with van der Waals surface area (Å²) < 4.78 is 15.0. The second-order valence-electron chi connectivity index (χ2n) is 4.15. The Morgan fingerprint density at radius 2 is 2.06 bits per heavy atom. The molecule has 0 amide bonds. The van der Waals surface area contributed by atoms with Gasteiger partial charge in [0.2, 0.25) is 0 Å². The highest BCUT2D eigenvalue weighted by Crippen LogP contribution is 2.11. The van der Waals surface area contributed by atoms with Gasteiger partial charge in [0.15, 0.2) is 0 Å². The number of nitrogens with two attached hydrogens (primary N) is 1. The lowest BCUT2D eigenvalue weighted by atomic mass is 9.98. The fourth-order valence-electron chi connectivity index (χ4n) is 1.34. The fraction of sp³-hybridized carbons (Fsp3) is 0.909. The van der Waals surface area contributed by atoms with Crippen molar-refractivity contribution in [1.29, 1.82) is 0 Å². The van der Waals surface area contributed by atoms with Gasteiger partial charge in [0.05, 0.1) is 19.8 Å². The van der Waals surface area contributed by atoms with Crippen molar-refractivity contribution in [2.24, 2.45) is 5.73 Å². The average Bonchev–Trinajstić information content (AvgIpc) is 2.23. The third kappa shape index (κ3) is 6.05. The van der Waals surface area contributed by atoms with Crippen LogP contribution in [0.25, 0.3) is 0 Å². The maximum Gasteiger partial charge on any atom is 0.325 e. The van der Waals surface area contributed by atoms with E-state index in [4.69, 9.17) is 15.2 Å². The van der Waals surface area contributed by atoms with Crippen molar-refractivity contribution in [2.45, 2.75) is 38.3 Å². The van der Waals surface area contributed by atoms with Crippen molar-refractivity contribution in [3.63, 3.8) is 0 Å². The van der Waals surface area contributed by atoms with Gasteiger partial charge >= 0.3 is 5.97 Å². The summed E-state index contributed by atoms with van der Waals surface area (Å²) in [5.41, 5.74) is 4.86. The van der Waals surface area contributed by atoms with E-state index in [1.807, 2.05) is 6.92 Å². The van der Waals surface area contributed by atoms with E-state index in [9.17, 15) is 4.79 Å². The molecule has 2 N–H and O–H groups in total. The van der Waals surface area contributed by atoms with Crippen molar-refractivity contribution < 1.29 is 19.0 Å². The predicted molar refractivity (Wildman–Crippen MR) is 61.1 cm³/mol. The summed E-state index contributed by atoms with van der Waals surface area (Å²) in [6, 6.07) is 0. The van der Waals surface area contributed by atoms with Crippen molar-refractivity contribution in [1.82, 2.24) is 0 Å². The zero-order chi connectivity index (χ0) is 12.6. The van der Waals surface area contributed by atoms with Crippen LogP contribution in [0.15, 0.2) is 0 Å². The Hall–Kier alpha value is -0.650. The van der Waals surface area contributed by atoms with Crippen LogP contribution in [0.4, 0.5) is 0 Å². The number of carbonyl (C=O) groups is 1. The van der Waals surface area contributed by atoms with E-state index >= 15 is 0 Å². The largest absolute Gasteiger partial charge is 0.468 e. The van der Waals surface area contributed by atoms with Gasteiger partial charge in [0.25, 0.3) is 0 Å². The highest BCUT2D eigenvalue weighted by atomic mass is 16.5. The lowest BCUT2D eigenvalue weighted by Gasteiger charge is -2.21. The van der Waals surface area contributed by atoms with E-state index in [-0.39, 0.29) is 6.10 Å². The maximum atomic E-state index is 11.3. The van der Waals surface area contributed by atoms with Gasteiger partial charge in [-0.05, 0) is 26.7 Å². The first-order valence-corrected chi connectivity index (χ1v) is 5.42. The van der Waals surface area contributed by atoms with E-state index in [1.54, 1.807) is 14.0 Å².